The highest BCUT2D eigenvalue weighted by Gasteiger charge is 2.33. The fraction of sp³-hybridized carbons (Fsp3) is 0.400. The van der Waals surface area contributed by atoms with Gasteiger partial charge in [0.25, 0.3) is 5.91 Å². The van der Waals surface area contributed by atoms with Gasteiger partial charge in [0.1, 0.15) is 23.6 Å². The third-order valence-corrected chi connectivity index (χ3v) is 10.7. The van der Waals surface area contributed by atoms with Crippen molar-refractivity contribution in [3.63, 3.8) is 0 Å². The maximum Gasteiger partial charge on any atom is 0.257 e. The van der Waals surface area contributed by atoms with Crippen molar-refractivity contribution in [2.45, 2.75) is 25.4 Å². The van der Waals surface area contributed by atoms with Crippen molar-refractivity contribution < 1.29 is 24.6 Å². The number of hydrogen-bond acceptors (Lipinski definition) is 9. The number of nitrogens with zero attached hydrogens (tertiary/aromatic N) is 7. The summed E-state index contributed by atoms with van der Waals surface area (Å²) in [5.41, 5.74) is 5.34. The van der Waals surface area contributed by atoms with Crippen molar-refractivity contribution in [3.05, 3.63) is 119 Å². The van der Waals surface area contributed by atoms with Crippen LogP contribution in [0.3, 0.4) is 0 Å². The van der Waals surface area contributed by atoms with Gasteiger partial charge < -0.3 is 34.7 Å². The van der Waals surface area contributed by atoms with Crippen molar-refractivity contribution in [2.24, 2.45) is 0 Å². The van der Waals surface area contributed by atoms with Gasteiger partial charge in [-0.05, 0) is 59.5 Å². The number of likely N-dealkylation sites (N-methyl/N-ethyl adjacent to an activating group) is 2. The minimum atomic E-state index is -0.311. The molecule has 304 valence electrons. The molecule has 0 radical (unpaired) electrons. The number of carbonyl (C=O) groups is 3. The zero-order valence-electron chi connectivity index (χ0n) is 34.5. The number of aryl methyl sites for hydroxylation is 1. The molecule has 0 saturated carbocycles. The largest absolute Gasteiger partial charge is 0.508 e. The van der Waals surface area contributed by atoms with Crippen molar-refractivity contribution in [1.82, 2.24) is 24.5 Å². The number of piperazine rings is 2. The molecule has 12 heteroatoms. The smallest absolute Gasteiger partial charge is 0.257 e. The second-order valence-corrected chi connectivity index (χ2v) is 15.2. The van der Waals surface area contributed by atoms with Crippen molar-refractivity contribution >= 4 is 29.1 Å². The standard InChI is InChI=1S/C23H30N4O3.C22H29N3O2/c1-24(2)22(29)19-16-18(10-11-20(19)28)26-12-14-27(15-13-26)21(23(30)25(3)4)17-8-6-5-7-9-17;1-4-17-16-19(10-11-20(17)26)24-12-14-25(15-13-24)21(22(27)23(2)3)18-8-6-5-7-9-18/h5-11,16,21,28H,12-15H2,1-4H3;5-11,16,21,26H,4,12-15H2,1-3H3. The SMILES string of the molecule is CCc1cc(N2CCN(C(C(=O)N(C)C)c3ccccc3)CC2)ccc1O.CN(C)C(=O)c1cc(N2CCN(C(C(=O)N(C)C)c3ccccc3)CC2)ccc1O. The first-order valence-electron chi connectivity index (χ1n) is 19.7. The number of rotatable bonds is 10. The average Bonchev–Trinajstić information content (AvgIpc) is 3.22. The molecular weight excluding hydrogens is 719 g/mol. The zero-order chi connectivity index (χ0) is 41.2. The van der Waals surface area contributed by atoms with E-state index in [0.717, 1.165) is 86.8 Å². The quantitative estimate of drug-likeness (QED) is 0.231. The van der Waals surface area contributed by atoms with Crippen molar-refractivity contribution in [3.8, 4) is 11.5 Å². The van der Waals surface area contributed by atoms with E-state index in [4.69, 9.17) is 0 Å². The van der Waals surface area contributed by atoms with E-state index in [9.17, 15) is 24.6 Å². The molecule has 2 heterocycles. The highest BCUT2D eigenvalue weighted by Crippen LogP contribution is 2.30. The third-order valence-electron chi connectivity index (χ3n) is 10.7. The van der Waals surface area contributed by atoms with Crippen LogP contribution in [-0.4, -0.2) is 147 Å². The van der Waals surface area contributed by atoms with Crippen LogP contribution in [-0.2, 0) is 16.0 Å². The second kappa shape index (κ2) is 19.5. The maximum absolute atomic E-state index is 12.9. The van der Waals surface area contributed by atoms with Gasteiger partial charge in [0, 0.05) is 106 Å². The Hall–Kier alpha value is -5.59. The summed E-state index contributed by atoms with van der Waals surface area (Å²) in [5.74, 6) is 0.303. The van der Waals surface area contributed by atoms with E-state index in [1.54, 1.807) is 56.2 Å². The lowest BCUT2D eigenvalue weighted by atomic mass is 10.0. The number of carbonyl (C=O) groups excluding carboxylic acids is 3. The summed E-state index contributed by atoms with van der Waals surface area (Å²) in [5, 5.41) is 20.0. The molecule has 0 aromatic heterocycles. The van der Waals surface area contributed by atoms with Gasteiger partial charge in [-0.1, -0.05) is 67.6 Å². The number of hydrogen-bond donors (Lipinski definition) is 2. The molecule has 2 fully saturated rings. The molecule has 0 aliphatic carbocycles. The number of aromatic hydroxyl groups is 2. The van der Waals surface area contributed by atoms with Crippen molar-refractivity contribution in [2.75, 3.05) is 104 Å². The van der Waals surface area contributed by atoms with Crippen LogP contribution in [0, 0.1) is 0 Å². The molecule has 2 unspecified atom stereocenters. The lowest BCUT2D eigenvalue weighted by molar-refractivity contribution is -0.135. The van der Waals surface area contributed by atoms with Gasteiger partial charge in [-0.25, -0.2) is 0 Å². The molecule has 2 saturated heterocycles. The minimum Gasteiger partial charge on any atom is -0.508 e. The zero-order valence-corrected chi connectivity index (χ0v) is 34.5. The van der Waals surface area contributed by atoms with E-state index in [2.05, 4.69) is 25.7 Å². The molecule has 4 aromatic rings. The van der Waals surface area contributed by atoms with Gasteiger partial charge in [0.15, 0.2) is 0 Å². The molecule has 0 spiro atoms. The fourth-order valence-electron chi connectivity index (χ4n) is 7.44. The first-order chi connectivity index (χ1) is 27.3. The van der Waals surface area contributed by atoms with Crippen LogP contribution in [0.25, 0.3) is 0 Å². The Labute approximate surface area is 338 Å². The van der Waals surface area contributed by atoms with Gasteiger partial charge in [-0.15, -0.1) is 0 Å². The Balaban J connectivity index is 0.000000219. The summed E-state index contributed by atoms with van der Waals surface area (Å²) in [6.07, 6.45) is 0.813. The molecule has 4 aromatic carbocycles. The summed E-state index contributed by atoms with van der Waals surface area (Å²) in [6.45, 7) is 8.30. The normalized spacial score (nSPS) is 15.8. The van der Waals surface area contributed by atoms with E-state index in [1.165, 1.54) is 4.90 Å². The van der Waals surface area contributed by atoms with Gasteiger partial charge >= 0.3 is 0 Å². The monoisotopic (exact) mass is 777 g/mol. The van der Waals surface area contributed by atoms with Crippen LogP contribution < -0.4 is 9.80 Å². The van der Waals surface area contributed by atoms with E-state index in [1.807, 2.05) is 93.8 Å². The van der Waals surface area contributed by atoms with Gasteiger partial charge in [0.05, 0.1) is 5.56 Å². The first kappa shape index (κ1) is 42.6. The summed E-state index contributed by atoms with van der Waals surface area (Å²) >= 11 is 0. The predicted molar refractivity (Wildman–Crippen MR) is 227 cm³/mol. The average molecular weight is 778 g/mol. The molecular formula is C45H59N7O5. The Morgan fingerprint density at radius 2 is 0.947 bits per heavy atom. The number of benzene rings is 4. The van der Waals surface area contributed by atoms with E-state index in [-0.39, 0.29) is 35.6 Å². The van der Waals surface area contributed by atoms with Crippen molar-refractivity contribution in [1.29, 1.82) is 0 Å². The van der Waals surface area contributed by atoms with Crippen LogP contribution in [0.1, 0.15) is 46.1 Å². The van der Waals surface area contributed by atoms with Gasteiger partial charge in [0.2, 0.25) is 11.8 Å². The molecule has 12 nitrogen and oxygen atoms in total. The van der Waals surface area contributed by atoms with Crippen LogP contribution in [0.5, 0.6) is 11.5 Å². The Kier molecular flexibility index (Phi) is 14.6. The molecule has 2 atom stereocenters. The summed E-state index contributed by atoms with van der Waals surface area (Å²) in [4.78, 5) is 51.9. The number of phenols is 2. The van der Waals surface area contributed by atoms with Crippen LogP contribution >= 0.6 is 0 Å². The highest BCUT2D eigenvalue weighted by molar-refractivity contribution is 5.97. The van der Waals surface area contributed by atoms with E-state index in [0.29, 0.717) is 11.3 Å². The predicted octanol–water partition coefficient (Wildman–Crippen LogP) is 4.95. The van der Waals surface area contributed by atoms with Crippen LogP contribution in [0.4, 0.5) is 11.4 Å². The molecule has 0 bridgehead atoms. The van der Waals surface area contributed by atoms with Crippen LogP contribution in [0.2, 0.25) is 0 Å². The second-order valence-electron chi connectivity index (χ2n) is 15.2. The molecule has 2 aliphatic heterocycles. The number of amides is 3. The van der Waals surface area contributed by atoms with E-state index >= 15 is 0 Å². The summed E-state index contributed by atoms with van der Waals surface area (Å²) in [7, 11) is 10.5. The Morgan fingerprint density at radius 3 is 1.33 bits per heavy atom. The number of phenolic OH excluding ortho intramolecular Hbond substituents is 2. The van der Waals surface area contributed by atoms with Crippen LogP contribution in [0.15, 0.2) is 97.1 Å². The number of anilines is 2. The highest BCUT2D eigenvalue weighted by atomic mass is 16.3. The molecule has 3 amide bonds. The van der Waals surface area contributed by atoms with Gasteiger partial charge in [-0.3, -0.25) is 24.2 Å². The fourth-order valence-corrected chi connectivity index (χ4v) is 7.44. The molecule has 57 heavy (non-hydrogen) atoms. The lowest BCUT2D eigenvalue weighted by Gasteiger charge is -2.40. The maximum atomic E-state index is 12.9. The third kappa shape index (κ3) is 10.4. The summed E-state index contributed by atoms with van der Waals surface area (Å²) in [6, 6.07) is 30.3. The Morgan fingerprint density at radius 1 is 0.544 bits per heavy atom. The molecule has 6 rings (SSSR count). The lowest BCUT2D eigenvalue weighted by Crippen LogP contribution is -2.51. The van der Waals surface area contributed by atoms with Gasteiger partial charge in [-0.2, -0.15) is 0 Å². The first-order valence-corrected chi connectivity index (χ1v) is 19.7. The Bertz CT molecular complexity index is 1940. The summed E-state index contributed by atoms with van der Waals surface area (Å²) < 4.78 is 0. The van der Waals surface area contributed by atoms with E-state index < -0.39 is 0 Å². The topological polar surface area (TPSA) is 114 Å². The molecule has 2 N–H and O–H groups in total. The molecule has 2 aliphatic rings. The minimum absolute atomic E-state index is 0.0168.